The fourth-order valence-corrected chi connectivity index (χ4v) is 5.03. The van der Waals surface area contributed by atoms with Gasteiger partial charge in [0.1, 0.15) is 16.9 Å². The smallest absolute Gasteiger partial charge is 0.325 e. The molecule has 7 nitrogen and oxygen atoms in total. The van der Waals surface area contributed by atoms with Gasteiger partial charge in [-0.25, -0.2) is 0 Å². The topological polar surface area (TPSA) is 86.8 Å². The van der Waals surface area contributed by atoms with Crippen LogP contribution in [0.1, 0.15) is 17.5 Å². The molecule has 2 aliphatic heterocycles. The summed E-state index contributed by atoms with van der Waals surface area (Å²) < 4.78 is 38.8. The van der Waals surface area contributed by atoms with Gasteiger partial charge in [0.2, 0.25) is 11.8 Å². The van der Waals surface area contributed by atoms with Gasteiger partial charge in [-0.15, -0.1) is 0 Å². The molecule has 37 heavy (non-hydrogen) atoms. The largest absolute Gasteiger partial charge is 0.416 e. The number of allylic oxidation sites excluding steroid dienone is 2. The van der Waals surface area contributed by atoms with Crippen molar-refractivity contribution in [2.45, 2.75) is 18.6 Å². The van der Waals surface area contributed by atoms with Crippen molar-refractivity contribution in [3.8, 4) is 0 Å². The molecule has 2 fully saturated rings. The second-order valence-electron chi connectivity index (χ2n) is 8.01. The molecule has 0 spiro atoms. The van der Waals surface area contributed by atoms with Crippen molar-refractivity contribution in [1.29, 1.82) is 0 Å². The first-order valence-electron chi connectivity index (χ1n) is 10.8. The molecule has 2 aromatic carbocycles. The predicted molar refractivity (Wildman–Crippen MR) is 136 cm³/mol. The Labute approximate surface area is 219 Å². The van der Waals surface area contributed by atoms with Crippen LogP contribution in [0.2, 0.25) is 0 Å². The van der Waals surface area contributed by atoms with Crippen LogP contribution >= 0.6 is 24.0 Å². The van der Waals surface area contributed by atoms with Crippen LogP contribution in [-0.4, -0.2) is 50.3 Å². The number of hydrogen-bond donors (Lipinski definition) is 1. The number of likely N-dealkylation sites (tertiary alicyclic amines) is 1. The van der Waals surface area contributed by atoms with Crippen molar-refractivity contribution in [2.24, 2.45) is 0 Å². The second-order valence-corrected chi connectivity index (χ2v) is 9.68. The van der Waals surface area contributed by atoms with E-state index in [1.54, 1.807) is 18.2 Å². The number of carbonyl (C=O) groups is 4. The summed E-state index contributed by atoms with van der Waals surface area (Å²) in [6.45, 7) is -0.713. The predicted octanol–water partition coefficient (Wildman–Crippen LogP) is 4.23. The molecule has 2 aliphatic rings. The zero-order valence-corrected chi connectivity index (χ0v) is 20.5. The van der Waals surface area contributed by atoms with Crippen LogP contribution in [0.3, 0.4) is 0 Å². The highest BCUT2D eigenvalue weighted by Gasteiger charge is 2.48. The summed E-state index contributed by atoms with van der Waals surface area (Å²) in [5, 5.41) is 2.26. The van der Waals surface area contributed by atoms with E-state index in [4.69, 9.17) is 12.2 Å². The Kier molecular flexibility index (Phi) is 7.60. The average Bonchev–Trinajstić information content (AvgIpc) is 3.28. The molecule has 2 saturated heterocycles. The number of rotatable bonds is 6. The first kappa shape index (κ1) is 26.3. The van der Waals surface area contributed by atoms with Crippen molar-refractivity contribution in [1.82, 2.24) is 9.80 Å². The van der Waals surface area contributed by atoms with Crippen LogP contribution in [0.5, 0.6) is 0 Å². The molecule has 4 amide bonds. The van der Waals surface area contributed by atoms with Crippen molar-refractivity contribution in [2.75, 3.05) is 11.9 Å². The van der Waals surface area contributed by atoms with Crippen LogP contribution in [0, 0.1) is 0 Å². The first-order valence-corrected chi connectivity index (χ1v) is 12.1. The van der Waals surface area contributed by atoms with E-state index in [1.807, 2.05) is 30.3 Å². The highest BCUT2D eigenvalue weighted by Crippen LogP contribution is 2.35. The van der Waals surface area contributed by atoms with Crippen molar-refractivity contribution in [3.63, 3.8) is 0 Å². The molecule has 12 heteroatoms. The van der Waals surface area contributed by atoms with Crippen LogP contribution in [-0.2, 0) is 25.4 Å². The Morgan fingerprint density at radius 2 is 1.84 bits per heavy atom. The number of imide groups is 1. The van der Waals surface area contributed by atoms with Gasteiger partial charge >= 0.3 is 6.18 Å². The van der Waals surface area contributed by atoms with E-state index in [1.165, 1.54) is 6.07 Å². The van der Waals surface area contributed by atoms with Crippen LogP contribution < -0.4 is 5.32 Å². The van der Waals surface area contributed by atoms with E-state index in [0.717, 1.165) is 40.4 Å². The molecule has 0 aromatic heterocycles. The molecule has 0 radical (unpaired) electrons. The fraction of sp³-hybridized carbons (Fsp3) is 0.160. The van der Waals surface area contributed by atoms with E-state index in [9.17, 15) is 32.3 Å². The monoisotopic (exact) mass is 545 g/mol. The van der Waals surface area contributed by atoms with Gasteiger partial charge in [-0.3, -0.25) is 29.0 Å². The highest BCUT2D eigenvalue weighted by atomic mass is 32.2. The quantitative estimate of drug-likeness (QED) is 0.332. The maximum absolute atomic E-state index is 13.0. The number of anilines is 1. The van der Waals surface area contributed by atoms with E-state index in [0.29, 0.717) is 4.90 Å². The molecule has 0 aliphatic carbocycles. The Hall–Kier alpha value is -3.77. The Morgan fingerprint density at radius 3 is 2.54 bits per heavy atom. The molecular weight excluding hydrogens is 527 g/mol. The lowest BCUT2D eigenvalue weighted by molar-refractivity contribution is -0.143. The van der Waals surface area contributed by atoms with Crippen LogP contribution in [0.25, 0.3) is 6.08 Å². The number of halogens is 3. The standard InChI is InChI=1S/C25H18F3N3O4S2/c26-25(27,28)16-9-5-10-17(12-16)29-20(32)14-30-21(33)13-18(22(30)34)31-23(35)19(37-24(31)36)11-4-8-15-6-2-1-3-7-15/h1-12,18H,13-14H2,(H,29,32)/b8-4+,19-11-. The zero-order chi connectivity index (χ0) is 26.7. The summed E-state index contributed by atoms with van der Waals surface area (Å²) in [6.07, 6.45) is 0.0660. The molecular formula is C25H18F3N3O4S2. The molecule has 0 saturated carbocycles. The molecule has 1 unspecified atom stereocenters. The summed E-state index contributed by atoms with van der Waals surface area (Å²) in [4.78, 5) is 52.8. The molecule has 2 heterocycles. The first-order chi connectivity index (χ1) is 17.5. The highest BCUT2D eigenvalue weighted by molar-refractivity contribution is 8.26. The molecule has 1 atom stereocenters. The van der Waals surface area contributed by atoms with Crippen molar-refractivity contribution in [3.05, 3.63) is 82.8 Å². The van der Waals surface area contributed by atoms with Gasteiger partial charge < -0.3 is 5.32 Å². The Balaban J connectivity index is 1.41. The Bertz CT molecular complexity index is 1340. The van der Waals surface area contributed by atoms with Crippen molar-refractivity contribution < 1.29 is 32.3 Å². The lowest BCUT2D eigenvalue weighted by atomic mass is 10.2. The number of benzene rings is 2. The lowest BCUT2D eigenvalue weighted by Gasteiger charge is -2.21. The minimum absolute atomic E-state index is 0.103. The van der Waals surface area contributed by atoms with E-state index >= 15 is 0 Å². The van der Waals surface area contributed by atoms with E-state index < -0.39 is 48.0 Å². The minimum Gasteiger partial charge on any atom is -0.325 e. The van der Waals surface area contributed by atoms with E-state index in [2.05, 4.69) is 5.32 Å². The van der Waals surface area contributed by atoms with Gasteiger partial charge in [0.15, 0.2) is 0 Å². The van der Waals surface area contributed by atoms with Gasteiger partial charge in [0, 0.05) is 5.69 Å². The van der Waals surface area contributed by atoms with Gasteiger partial charge in [0.25, 0.3) is 11.8 Å². The number of thiocarbonyl (C=S) groups is 1. The zero-order valence-electron chi connectivity index (χ0n) is 18.9. The van der Waals surface area contributed by atoms with E-state index in [-0.39, 0.29) is 21.3 Å². The number of nitrogens with one attached hydrogen (secondary N) is 1. The maximum Gasteiger partial charge on any atom is 0.416 e. The normalized spacial score (nSPS) is 19.5. The summed E-state index contributed by atoms with van der Waals surface area (Å²) in [5.41, 5.74) is -0.175. The number of amides is 4. The minimum atomic E-state index is -4.60. The number of carbonyl (C=O) groups excluding carboxylic acids is 4. The molecule has 4 rings (SSSR count). The maximum atomic E-state index is 13.0. The summed E-state index contributed by atoms with van der Waals surface area (Å²) in [7, 11) is 0. The molecule has 0 bridgehead atoms. The summed E-state index contributed by atoms with van der Waals surface area (Å²) >= 11 is 6.26. The number of nitrogens with zero attached hydrogens (tertiary/aromatic N) is 2. The molecule has 2 aromatic rings. The Morgan fingerprint density at radius 1 is 1.11 bits per heavy atom. The summed E-state index contributed by atoms with van der Waals surface area (Å²) in [5.74, 6) is -2.88. The lowest BCUT2D eigenvalue weighted by Crippen LogP contribution is -2.45. The molecule has 1 N–H and O–H groups in total. The van der Waals surface area contributed by atoms with Gasteiger partial charge in [-0.1, -0.05) is 72.5 Å². The number of alkyl halides is 3. The van der Waals surface area contributed by atoms with Crippen molar-refractivity contribution >= 4 is 63.7 Å². The van der Waals surface area contributed by atoms with Crippen LogP contribution in [0.4, 0.5) is 18.9 Å². The summed E-state index contributed by atoms with van der Waals surface area (Å²) in [6, 6.07) is 12.1. The third kappa shape index (κ3) is 5.97. The average molecular weight is 546 g/mol. The SMILES string of the molecule is O=C(CN1C(=O)CC(N2C(=O)/C(=C/C=C/c3ccccc3)SC2=S)C1=O)Nc1cccc(C(F)(F)F)c1. The fourth-order valence-electron chi connectivity index (χ4n) is 3.72. The number of hydrogen-bond acceptors (Lipinski definition) is 6. The second kappa shape index (κ2) is 10.7. The van der Waals surface area contributed by atoms with Crippen LogP contribution in [0.15, 0.2) is 71.7 Å². The van der Waals surface area contributed by atoms with Gasteiger partial charge in [0.05, 0.1) is 16.9 Å². The third-order valence-electron chi connectivity index (χ3n) is 5.47. The third-order valence-corrected chi connectivity index (χ3v) is 6.82. The number of thioether (sulfide) groups is 1. The van der Waals surface area contributed by atoms with Gasteiger partial charge in [-0.05, 0) is 29.8 Å². The van der Waals surface area contributed by atoms with Gasteiger partial charge in [-0.2, -0.15) is 13.2 Å². The molecule has 190 valence electrons.